The predicted molar refractivity (Wildman–Crippen MR) is 129 cm³/mol. The third kappa shape index (κ3) is 3.67. The molecule has 0 N–H and O–H groups in total. The van der Waals surface area contributed by atoms with Gasteiger partial charge in [0.15, 0.2) is 23.0 Å². The van der Waals surface area contributed by atoms with E-state index in [1.807, 2.05) is 36.5 Å². The summed E-state index contributed by atoms with van der Waals surface area (Å²) < 4.78 is 38.2. The third-order valence-corrected chi connectivity index (χ3v) is 6.19. The summed E-state index contributed by atoms with van der Waals surface area (Å²) in [6.45, 7) is 1.52. The van der Waals surface area contributed by atoms with Gasteiger partial charge in [0.25, 0.3) is 0 Å². The highest BCUT2D eigenvalue weighted by molar-refractivity contribution is 5.99. The Morgan fingerprint density at radius 1 is 0.857 bits per heavy atom. The number of nitrogens with zero attached hydrogens (tertiary/aromatic N) is 3. The number of fused-ring (bicyclic) bond motifs is 4. The van der Waals surface area contributed by atoms with Crippen LogP contribution < -0.4 is 18.9 Å². The van der Waals surface area contributed by atoms with Crippen LogP contribution in [0.2, 0.25) is 0 Å². The molecule has 0 unspecified atom stereocenters. The van der Waals surface area contributed by atoms with Crippen molar-refractivity contribution in [3.63, 3.8) is 0 Å². The van der Waals surface area contributed by atoms with Gasteiger partial charge in [0.05, 0.1) is 19.7 Å². The summed E-state index contributed by atoms with van der Waals surface area (Å²) in [5.74, 6) is 2.36. The van der Waals surface area contributed by atoms with Crippen LogP contribution in [0.5, 0.6) is 23.0 Å². The molecular formula is C27H22FN3O4. The highest BCUT2D eigenvalue weighted by Gasteiger charge is 2.24. The standard InChI is InChI=1S/C27H22FN3O4/c1-32-22-8-5-17(11-23(22)33-2)26-20-15-31(14-16-3-6-18(28)7-4-16)21-13-25-24(34-9-10-35-25)12-19(21)27(20)30-29-26/h3-8,11-13,15H,9-10,14H2,1-2H3. The summed E-state index contributed by atoms with van der Waals surface area (Å²) in [5, 5.41) is 9.98. The van der Waals surface area contributed by atoms with Gasteiger partial charge in [-0.05, 0) is 42.0 Å². The molecule has 0 bridgehead atoms. The monoisotopic (exact) mass is 471 g/mol. The number of aromatic nitrogens is 3. The minimum absolute atomic E-state index is 0.265. The van der Waals surface area contributed by atoms with Crippen molar-refractivity contribution in [1.82, 2.24) is 14.8 Å². The smallest absolute Gasteiger partial charge is 0.163 e. The van der Waals surface area contributed by atoms with Crippen molar-refractivity contribution in [2.24, 2.45) is 0 Å². The first-order valence-electron chi connectivity index (χ1n) is 11.2. The van der Waals surface area contributed by atoms with Crippen LogP contribution in [-0.2, 0) is 6.54 Å². The van der Waals surface area contributed by atoms with Crippen LogP contribution in [0.15, 0.2) is 60.8 Å². The molecule has 0 spiro atoms. The Hall–Kier alpha value is -4.33. The van der Waals surface area contributed by atoms with Crippen molar-refractivity contribution >= 4 is 10.9 Å². The molecule has 0 aliphatic carbocycles. The Balaban J connectivity index is 1.56. The summed E-state index contributed by atoms with van der Waals surface area (Å²) in [4.78, 5) is 0. The Kier molecular flexibility index (Phi) is 5.13. The van der Waals surface area contributed by atoms with Crippen LogP contribution in [0.1, 0.15) is 5.56 Å². The fourth-order valence-corrected chi connectivity index (χ4v) is 4.49. The van der Waals surface area contributed by atoms with E-state index in [4.69, 9.17) is 18.9 Å². The molecule has 3 heterocycles. The maximum Gasteiger partial charge on any atom is 0.163 e. The zero-order chi connectivity index (χ0) is 23.9. The average molecular weight is 471 g/mol. The Morgan fingerprint density at radius 2 is 1.57 bits per heavy atom. The van der Waals surface area contributed by atoms with Crippen LogP contribution in [-0.4, -0.2) is 42.2 Å². The molecule has 8 heteroatoms. The van der Waals surface area contributed by atoms with Gasteiger partial charge in [0.1, 0.15) is 30.4 Å². The van der Waals surface area contributed by atoms with Gasteiger partial charge in [-0.1, -0.05) is 12.1 Å². The van der Waals surface area contributed by atoms with Gasteiger partial charge < -0.3 is 23.5 Å². The van der Waals surface area contributed by atoms with E-state index in [-0.39, 0.29) is 5.82 Å². The van der Waals surface area contributed by atoms with Crippen LogP contribution in [0.25, 0.3) is 33.4 Å². The van der Waals surface area contributed by atoms with E-state index in [9.17, 15) is 4.39 Å². The van der Waals surface area contributed by atoms with Crippen molar-refractivity contribution < 1.29 is 23.3 Å². The summed E-state index contributed by atoms with van der Waals surface area (Å²) in [5.41, 5.74) is 5.11. The fourth-order valence-electron chi connectivity index (χ4n) is 4.49. The first-order chi connectivity index (χ1) is 17.1. The molecule has 0 fully saturated rings. The molecule has 0 saturated carbocycles. The van der Waals surface area contributed by atoms with Gasteiger partial charge in [-0.2, -0.15) is 0 Å². The van der Waals surface area contributed by atoms with Crippen molar-refractivity contribution in [2.45, 2.75) is 6.54 Å². The van der Waals surface area contributed by atoms with Crippen LogP contribution >= 0.6 is 0 Å². The molecule has 3 aliphatic heterocycles. The van der Waals surface area contributed by atoms with Crippen LogP contribution in [0.4, 0.5) is 4.39 Å². The number of halogens is 1. The molecule has 0 radical (unpaired) electrons. The number of methoxy groups -OCH3 is 2. The summed E-state index contributed by atoms with van der Waals surface area (Å²) >= 11 is 0. The first kappa shape index (κ1) is 21.2. The maximum atomic E-state index is 13.5. The molecule has 0 amide bonds. The molecule has 176 valence electrons. The second-order valence-corrected chi connectivity index (χ2v) is 8.28. The molecule has 0 aromatic heterocycles. The van der Waals surface area contributed by atoms with Crippen molar-refractivity contribution in [2.75, 3.05) is 27.4 Å². The predicted octanol–water partition coefficient (Wildman–Crippen LogP) is 5.18. The Morgan fingerprint density at radius 3 is 2.31 bits per heavy atom. The van der Waals surface area contributed by atoms with E-state index in [1.54, 1.807) is 26.4 Å². The quantitative estimate of drug-likeness (QED) is 0.352. The number of ether oxygens (including phenoxy) is 4. The van der Waals surface area contributed by atoms with E-state index in [1.165, 1.54) is 12.1 Å². The van der Waals surface area contributed by atoms with Gasteiger partial charge in [0, 0.05) is 35.3 Å². The van der Waals surface area contributed by atoms with Crippen LogP contribution in [0, 0.1) is 5.82 Å². The number of pyridine rings is 1. The van der Waals surface area contributed by atoms with E-state index >= 15 is 0 Å². The molecule has 3 aliphatic rings. The largest absolute Gasteiger partial charge is 0.493 e. The molecule has 3 aromatic rings. The maximum absolute atomic E-state index is 13.5. The zero-order valence-electron chi connectivity index (χ0n) is 19.2. The van der Waals surface area contributed by atoms with Crippen molar-refractivity contribution in [1.29, 1.82) is 0 Å². The normalized spacial score (nSPS) is 12.8. The van der Waals surface area contributed by atoms with E-state index < -0.39 is 0 Å². The van der Waals surface area contributed by atoms with Crippen molar-refractivity contribution in [3.05, 3.63) is 72.2 Å². The molecular weight excluding hydrogens is 449 g/mol. The lowest BCUT2D eigenvalue weighted by atomic mass is 10.0. The Bertz CT molecular complexity index is 1510. The minimum Gasteiger partial charge on any atom is -0.493 e. The lowest BCUT2D eigenvalue weighted by molar-refractivity contribution is 0.172. The van der Waals surface area contributed by atoms with Crippen LogP contribution in [0.3, 0.4) is 0 Å². The summed E-state index contributed by atoms with van der Waals surface area (Å²) in [6, 6.07) is 16.1. The molecule has 3 aromatic carbocycles. The molecule has 0 atom stereocenters. The number of hydrogen-bond acceptors (Lipinski definition) is 6. The van der Waals surface area contributed by atoms with Crippen molar-refractivity contribution in [3.8, 4) is 45.5 Å². The van der Waals surface area contributed by atoms with E-state index in [2.05, 4.69) is 14.8 Å². The molecule has 0 saturated heterocycles. The number of benzene rings is 3. The topological polar surface area (TPSA) is 67.6 Å². The third-order valence-electron chi connectivity index (χ3n) is 6.19. The van der Waals surface area contributed by atoms with Gasteiger partial charge in [-0.15, -0.1) is 10.2 Å². The minimum atomic E-state index is -0.265. The molecule has 7 nitrogen and oxygen atoms in total. The molecule has 35 heavy (non-hydrogen) atoms. The molecule has 6 rings (SSSR count). The lowest BCUT2D eigenvalue weighted by Crippen LogP contribution is -2.15. The van der Waals surface area contributed by atoms with Gasteiger partial charge >= 0.3 is 0 Å². The highest BCUT2D eigenvalue weighted by atomic mass is 19.1. The van der Waals surface area contributed by atoms with E-state index in [0.717, 1.165) is 39.0 Å². The fraction of sp³-hybridized carbons (Fsp3) is 0.185. The van der Waals surface area contributed by atoms with Gasteiger partial charge in [0.2, 0.25) is 0 Å². The summed E-state index contributed by atoms with van der Waals surface area (Å²) in [7, 11) is 3.21. The number of rotatable bonds is 5. The van der Waals surface area contributed by atoms with Gasteiger partial charge in [-0.25, -0.2) is 4.39 Å². The number of hydrogen-bond donors (Lipinski definition) is 0. The van der Waals surface area contributed by atoms with Gasteiger partial charge in [-0.3, -0.25) is 0 Å². The van der Waals surface area contributed by atoms with E-state index in [0.29, 0.717) is 42.8 Å². The Labute approximate surface area is 201 Å². The SMILES string of the molecule is COc1ccc(-c2nnc3c4cc5c(cc4n(Cc4ccc(F)cc4)cc2-3)OCCO5)cc1OC. The lowest BCUT2D eigenvalue weighted by Gasteiger charge is -2.21. The zero-order valence-corrected chi connectivity index (χ0v) is 19.2. The summed E-state index contributed by atoms with van der Waals surface area (Å²) in [6.07, 6.45) is 2.03. The second kappa shape index (κ2) is 8.47. The highest BCUT2D eigenvalue weighted by Crippen LogP contribution is 2.43. The first-order valence-corrected chi connectivity index (χ1v) is 11.2. The second-order valence-electron chi connectivity index (χ2n) is 8.28. The average Bonchev–Trinajstić information content (AvgIpc) is 3.32.